The van der Waals surface area contributed by atoms with Gasteiger partial charge >= 0.3 is 7.82 Å². The molecular formula is C22H29O14P. The summed E-state index contributed by atoms with van der Waals surface area (Å²) in [5.74, 6) is 0.843. The second kappa shape index (κ2) is 11.5. The Morgan fingerprint density at radius 1 is 0.919 bits per heavy atom. The molecule has 0 amide bonds. The number of phosphoric acid groups is 1. The van der Waals surface area contributed by atoms with E-state index >= 15 is 0 Å². The molecule has 2 aliphatic rings. The van der Waals surface area contributed by atoms with Crippen LogP contribution in [0.2, 0.25) is 0 Å². The van der Waals surface area contributed by atoms with E-state index in [1.54, 1.807) is 30.3 Å². The lowest BCUT2D eigenvalue weighted by molar-refractivity contribution is -0.337. The van der Waals surface area contributed by atoms with Gasteiger partial charge < -0.3 is 59.0 Å². The Morgan fingerprint density at radius 2 is 1.59 bits per heavy atom. The van der Waals surface area contributed by atoms with Crippen LogP contribution in [0.1, 0.15) is 0 Å². The number of ether oxygens (including phenoxy) is 5. The Kier molecular flexibility index (Phi) is 8.70. The van der Waals surface area contributed by atoms with Crippen molar-refractivity contribution in [2.75, 3.05) is 20.3 Å². The molecule has 0 bridgehead atoms. The van der Waals surface area contributed by atoms with Crippen LogP contribution in [0.5, 0.6) is 11.5 Å². The normalized spacial score (nSPS) is 34.9. The number of phosphoric ester groups is 1. The van der Waals surface area contributed by atoms with Gasteiger partial charge in [-0.05, 0) is 35.0 Å². The smallest absolute Gasteiger partial charge is 0.470 e. The highest BCUT2D eigenvalue weighted by Crippen LogP contribution is 2.42. The van der Waals surface area contributed by atoms with E-state index in [1.165, 1.54) is 7.11 Å². The molecule has 0 spiro atoms. The minimum Gasteiger partial charge on any atom is -0.497 e. The molecule has 2 aromatic carbocycles. The number of methoxy groups -OCH3 is 1. The topological polar surface area (TPSA) is 214 Å². The first-order valence-corrected chi connectivity index (χ1v) is 12.8. The van der Waals surface area contributed by atoms with Gasteiger partial charge in [-0.15, -0.1) is 0 Å². The van der Waals surface area contributed by atoms with Gasteiger partial charge in [0.25, 0.3) is 0 Å². The third-order valence-electron chi connectivity index (χ3n) is 6.10. The summed E-state index contributed by atoms with van der Waals surface area (Å²) in [6.45, 7) is -1.10. The van der Waals surface area contributed by atoms with Crippen LogP contribution >= 0.6 is 7.82 Å². The Hall–Kier alpha value is -1.91. The molecular weight excluding hydrogens is 519 g/mol. The fourth-order valence-electron chi connectivity index (χ4n) is 4.14. The monoisotopic (exact) mass is 548 g/mol. The fourth-order valence-corrected chi connectivity index (χ4v) is 4.68. The maximum Gasteiger partial charge on any atom is 0.470 e. The molecule has 0 saturated carbocycles. The molecule has 2 heterocycles. The van der Waals surface area contributed by atoms with Crippen LogP contribution in [-0.4, -0.2) is 111 Å². The van der Waals surface area contributed by atoms with Crippen molar-refractivity contribution in [2.24, 2.45) is 0 Å². The van der Waals surface area contributed by atoms with Crippen molar-refractivity contribution in [3.63, 3.8) is 0 Å². The standard InChI is InChI=1S/C22H29O14P/c1-31-12-4-2-10-3-5-13(7-11(10)6-12)33-22-20(36-37(28,29)30)17(25)15(9-32-22)35-21-19(27)18(26)16(24)14(8-23)34-21/h2-7,14-27H,8-9H2,1H3,(H2,28,29,30)/t14-,15-,16+,17+,18+,19-,20-,21+,22+/m1/s1. The van der Waals surface area contributed by atoms with Crippen LogP contribution < -0.4 is 9.47 Å². The predicted octanol–water partition coefficient (Wildman–Crippen LogP) is -1.39. The lowest BCUT2D eigenvalue weighted by atomic mass is 9.99. The Morgan fingerprint density at radius 3 is 2.24 bits per heavy atom. The van der Waals surface area contributed by atoms with E-state index in [4.69, 9.17) is 28.2 Å². The van der Waals surface area contributed by atoms with Crippen LogP contribution in [0.3, 0.4) is 0 Å². The van der Waals surface area contributed by atoms with Gasteiger partial charge in [-0.3, -0.25) is 4.52 Å². The molecule has 2 saturated heterocycles. The highest BCUT2D eigenvalue weighted by Gasteiger charge is 2.50. The molecule has 206 valence electrons. The van der Waals surface area contributed by atoms with E-state index in [0.29, 0.717) is 5.75 Å². The van der Waals surface area contributed by atoms with Gasteiger partial charge in [0.15, 0.2) is 12.4 Å². The van der Waals surface area contributed by atoms with E-state index < -0.39 is 76.3 Å². The van der Waals surface area contributed by atoms with Crippen LogP contribution in [0.4, 0.5) is 0 Å². The summed E-state index contributed by atoms with van der Waals surface area (Å²) in [5.41, 5.74) is 0. The van der Waals surface area contributed by atoms with Crippen molar-refractivity contribution >= 4 is 18.6 Å². The fraction of sp³-hybridized carbons (Fsp3) is 0.545. The first-order chi connectivity index (χ1) is 17.5. The Bertz CT molecular complexity index is 1110. The van der Waals surface area contributed by atoms with Crippen LogP contribution in [0, 0.1) is 0 Å². The lowest BCUT2D eigenvalue weighted by Gasteiger charge is -2.44. The van der Waals surface area contributed by atoms with Gasteiger partial charge in [-0.1, -0.05) is 12.1 Å². The summed E-state index contributed by atoms with van der Waals surface area (Å²) in [6.07, 6.45) is -14.4. The molecule has 2 aliphatic heterocycles. The van der Waals surface area contributed by atoms with E-state index in [-0.39, 0.29) is 5.75 Å². The number of rotatable bonds is 8. The second-order valence-electron chi connectivity index (χ2n) is 8.62. The molecule has 15 heteroatoms. The molecule has 14 nitrogen and oxygen atoms in total. The summed E-state index contributed by atoms with van der Waals surface area (Å²) in [5, 5.41) is 51.9. The van der Waals surface area contributed by atoms with Crippen LogP contribution in [-0.2, 0) is 23.3 Å². The lowest BCUT2D eigenvalue weighted by Crippen LogP contribution is -2.62. The van der Waals surface area contributed by atoms with Gasteiger partial charge in [0, 0.05) is 0 Å². The first-order valence-electron chi connectivity index (χ1n) is 11.2. The minimum atomic E-state index is -5.16. The molecule has 9 atom stereocenters. The molecule has 0 aromatic heterocycles. The highest BCUT2D eigenvalue weighted by atomic mass is 31.2. The SMILES string of the molecule is COc1ccc2ccc(O[C@@H]3OC[C@@H](O[C@@H]4O[C@H](CO)[C@H](O)[C@H](O)[C@H]4O)[C@H](O)[C@H]3OP(=O)(O)O)cc2c1. The van der Waals surface area contributed by atoms with Crippen LogP contribution in [0.25, 0.3) is 10.8 Å². The van der Waals surface area contributed by atoms with Crippen molar-refractivity contribution in [3.05, 3.63) is 36.4 Å². The zero-order chi connectivity index (χ0) is 26.9. The molecule has 2 aromatic rings. The predicted molar refractivity (Wildman–Crippen MR) is 122 cm³/mol. The molecule has 4 rings (SSSR count). The highest BCUT2D eigenvalue weighted by molar-refractivity contribution is 7.46. The van der Waals surface area contributed by atoms with Gasteiger partial charge in [0.1, 0.15) is 48.1 Å². The number of benzene rings is 2. The summed E-state index contributed by atoms with van der Waals surface area (Å²) in [4.78, 5) is 18.8. The number of aliphatic hydroxyl groups is 5. The summed E-state index contributed by atoms with van der Waals surface area (Å²) in [6, 6.07) is 10.3. The maximum absolute atomic E-state index is 11.6. The zero-order valence-corrected chi connectivity index (χ0v) is 20.4. The maximum atomic E-state index is 11.6. The molecule has 7 N–H and O–H groups in total. The first kappa shape index (κ1) is 28.1. The Balaban J connectivity index is 1.52. The third-order valence-corrected chi connectivity index (χ3v) is 6.62. The minimum absolute atomic E-state index is 0.241. The van der Waals surface area contributed by atoms with Gasteiger partial charge in [0.05, 0.1) is 20.3 Å². The quantitative estimate of drug-likeness (QED) is 0.189. The summed E-state index contributed by atoms with van der Waals surface area (Å²) in [7, 11) is -3.64. The van der Waals surface area contributed by atoms with Crippen molar-refractivity contribution in [1.82, 2.24) is 0 Å². The molecule has 0 radical (unpaired) electrons. The second-order valence-corrected chi connectivity index (χ2v) is 9.81. The van der Waals surface area contributed by atoms with Crippen LogP contribution in [0.15, 0.2) is 36.4 Å². The van der Waals surface area contributed by atoms with Crippen molar-refractivity contribution < 1.29 is 68.1 Å². The van der Waals surface area contributed by atoms with E-state index in [0.717, 1.165) is 10.8 Å². The van der Waals surface area contributed by atoms with Gasteiger partial charge in [-0.25, -0.2) is 4.57 Å². The van der Waals surface area contributed by atoms with Gasteiger partial charge in [-0.2, -0.15) is 0 Å². The van der Waals surface area contributed by atoms with Gasteiger partial charge in [0.2, 0.25) is 6.29 Å². The molecule has 0 unspecified atom stereocenters. The zero-order valence-electron chi connectivity index (χ0n) is 19.5. The molecule has 37 heavy (non-hydrogen) atoms. The largest absolute Gasteiger partial charge is 0.497 e. The molecule has 0 aliphatic carbocycles. The number of aliphatic hydroxyl groups excluding tert-OH is 5. The Labute approximate surface area is 210 Å². The summed E-state index contributed by atoms with van der Waals surface area (Å²) >= 11 is 0. The van der Waals surface area contributed by atoms with E-state index in [1.807, 2.05) is 6.07 Å². The summed E-state index contributed by atoms with van der Waals surface area (Å²) < 4.78 is 43.7. The number of hydrogen-bond acceptors (Lipinski definition) is 12. The van der Waals surface area contributed by atoms with E-state index in [2.05, 4.69) is 0 Å². The van der Waals surface area contributed by atoms with Crippen molar-refractivity contribution in [1.29, 1.82) is 0 Å². The number of fused-ring (bicyclic) bond motifs is 1. The van der Waals surface area contributed by atoms with Crippen molar-refractivity contribution in [3.8, 4) is 11.5 Å². The van der Waals surface area contributed by atoms with Crippen molar-refractivity contribution in [2.45, 2.75) is 55.3 Å². The van der Waals surface area contributed by atoms with E-state index in [9.17, 15) is 39.9 Å². The molecule has 2 fully saturated rings. The average molecular weight is 548 g/mol. The average Bonchev–Trinajstić information content (AvgIpc) is 2.86. The third kappa shape index (κ3) is 6.40. The number of hydrogen-bond donors (Lipinski definition) is 7.